The lowest BCUT2D eigenvalue weighted by molar-refractivity contribution is -0.895. The van der Waals surface area contributed by atoms with Crippen molar-refractivity contribution in [2.45, 2.75) is 4.90 Å². The molecule has 0 atom stereocenters. The number of anilines is 1. The summed E-state index contributed by atoms with van der Waals surface area (Å²) in [5.74, 6) is -0.252. The Balaban J connectivity index is 1.60. The van der Waals surface area contributed by atoms with Crippen LogP contribution in [0.3, 0.4) is 0 Å². The molecule has 0 bridgehead atoms. The molecule has 1 aliphatic rings. The molecular weight excluding hydrogens is 455 g/mol. The van der Waals surface area contributed by atoms with Gasteiger partial charge < -0.3 is 10.2 Å². The fourth-order valence-corrected chi connectivity index (χ4v) is 5.37. The Morgan fingerprint density at radius 2 is 1.73 bits per heavy atom. The van der Waals surface area contributed by atoms with Gasteiger partial charge in [-0.2, -0.15) is 4.31 Å². The summed E-state index contributed by atoms with van der Waals surface area (Å²) in [7, 11) is -4.00. The quantitative estimate of drug-likeness (QED) is 0.486. The van der Waals surface area contributed by atoms with E-state index < -0.39 is 20.6 Å². The molecule has 0 saturated carbocycles. The first kappa shape index (κ1) is 22.4. The monoisotopic (exact) mass is 473 g/mol. The van der Waals surface area contributed by atoms with Crippen LogP contribution in [0.4, 0.5) is 11.4 Å². The van der Waals surface area contributed by atoms with Crippen LogP contribution in [0.5, 0.6) is 0 Å². The second-order valence-corrected chi connectivity index (χ2v) is 9.54. The molecule has 0 radical (unpaired) electrons. The summed E-state index contributed by atoms with van der Waals surface area (Å²) >= 11 is 11.8. The second-order valence-electron chi connectivity index (χ2n) is 6.76. The van der Waals surface area contributed by atoms with Crippen LogP contribution in [-0.4, -0.2) is 56.3 Å². The minimum atomic E-state index is -4.00. The zero-order valence-corrected chi connectivity index (χ0v) is 18.0. The number of nitrogens with one attached hydrogen (secondary N) is 2. The third-order valence-corrected chi connectivity index (χ3v) is 7.05. The van der Waals surface area contributed by atoms with Gasteiger partial charge in [-0.3, -0.25) is 14.9 Å². The summed E-state index contributed by atoms with van der Waals surface area (Å²) in [6.45, 7) is 1.23. The number of para-hydroxylation sites is 1. The molecule has 1 saturated heterocycles. The number of nitrogens with zero attached hydrogens (tertiary/aromatic N) is 2. The lowest BCUT2D eigenvalue weighted by Crippen LogP contribution is -3.15. The summed E-state index contributed by atoms with van der Waals surface area (Å²) in [6.07, 6.45) is 0. The molecule has 1 heterocycles. The van der Waals surface area contributed by atoms with Crippen molar-refractivity contribution in [3.63, 3.8) is 0 Å². The maximum atomic E-state index is 12.9. The van der Waals surface area contributed by atoms with Gasteiger partial charge in [-0.1, -0.05) is 35.3 Å². The summed E-state index contributed by atoms with van der Waals surface area (Å²) in [6, 6.07) is 9.99. The molecule has 3 rings (SSSR count). The molecule has 9 nitrogen and oxygen atoms in total. The number of carbonyl (C=O) groups is 1. The second kappa shape index (κ2) is 9.27. The van der Waals surface area contributed by atoms with Gasteiger partial charge >= 0.3 is 0 Å². The van der Waals surface area contributed by atoms with Crippen LogP contribution in [0.15, 0.2) is 47.4 Å². The van der Waals surface area contributed by atoms with Gasteiger partial charge in [-0.25, -0.2) is 8.42 Å². The lowest BCUT2D eigenvalue weighted by Gasteiger charge is -2.31. The predicted octanol–water partition coefficient (Wildman–Crippen LogP) is 1.43. The fraction of sp³-hybridized carbons (Fsp3) is 0.278. The highest BCUT2D eigenvalue weighted by Gasteiger charge is 2.35. The van der Waals surface area contributed by atoms with Crippen molar-refractivity contribution < 1.29 is 23.0 Å². The Bertz CT molecular complexity index is 1050. The Morgan fingerprint density at radius 1 is 1.13 bits per heavy atom. The van der Waals surface area contributed by atoms with Crippen LogP contribution in [0.25, 0.3) is 0 Å². The molecule has 0 aliphatic carbocycles. The number of nitro benzene ring substituents is 1. The average Bonchev–Trinajstić information content (AvgIpc) is 2.67. The normalized spacial score (nSPS) is 15.7. The van der Waals surface area contributed by atoms with Gasteiger partial charge in [0.05, 0.1) is 31.1 Å². The molecule has 0 unspecified atom stereocenters. The van der Waals surface area contributed by atoms with Crippen molar-refractivity contribution in [2.24, 2.45) is 0 Å². The third kappa shape index (κ3) is 5.27. The summed E-state index contributed by atoms with van der Waals surface area (Å²) < 4.78 is 26.9. The third-order valence-electron chi connectivity index (χ3n) is 4.67. The van der Waals surface area contributed by atoms with Crippen LogP contribution in [0.2, 0.25) is 10.0 Å². The average molecular weight is 474 g/mol. The molecular formula is C18H19Cl2N4O5S+. The largest absolute Gasteiger partial charge is 0.325 e. The highest BCUT2D eigenvalue weighted by atomic mass is 35.5. The maximum Gasteiger partial charge on any atom is 0.289 e. The van der Waals surface area contributed by atoms with E-state index in [2.05, 4.69) is 5.32 Å². The lowest BCUT2D eigenvalue weighted by atomic mass is 10.3. The van der Waals surface area contributed by atoms with E-state index in [4.69, 9.17) is 23.2 Å². The number of amides is 1. The summed E-state index contributed by atoms with van der Waals surface area (Å²) in [5.41, 5.74) is 0.0290. The Kier molecular flexibility index (Phi) is 6.94. The van der Waals surface area contributed by atoms with E-state index in [1.165, 1.54) is 28.6 Å². The van der Waals surface area contributed by atoms with Crippen LogP contribution in [0.1, 0.15) is 0 Å². The maximum absolute atomic E-state index is 12.9. The molecule has 2 aromatic carbocycles. The predicted molar refractivity (Wildman–Crippen MR) is 113 cm³/mol. The number of benzene rings is 2. The number of nitro groups is 1. The Labute approximate surface area is 183 Å². The Morgan fingerprint density at radius 3 is 2.33 bits per heavy atom. The zero-order valence-electron chi connectivity index (χ0n) is 15.7. The molecule has 1 amide bonds. The van der Waals surface area contributed by atoms with Crippen molar-refractivity contribution in [2.75, 3.05) is 38.0 Å². The van der Waals surface area contributed by atoms with Gasteiger partial charge in [-0.15, -0.1) is 0 Å². The van der Waals surface area contributed by atoms with E-state index in [1.54, 1.807) is 18.2 Å². The SMILES string of the molecule is O=C(C[NH+]1CCN(S(=O)(=O)c2ccccc2[N+](=O)[O-])CC1)Nc1cc(Cl)cc(Cl)c1. The number of quaternary nitrogens is 1. The number of hydrogen-bond donors (Lipinski definition) is 2. The van der Waals surface area contributed by atoms with E-state index in [0.717, 1.165) is 4.90 Å². The number of piperazine rings is 1. The van der Waals surface area contributed by atoms with Gasteiger partial charge in [0.25, 0.3) is 11.6 Å². The Hall–Kier alpha value is -2.24. The number of carbonyl (C=O) groups excluding carboxylic acids is 1. The number of halogens is 2. The number of hydrogen-bond acceptors (Lipinski definition) is 5. The molecule has 30 heavy (non-hydrogen) atoms. The molecule has 12 heteroatoms. The standard InChI is InChI=1S/C18H18Cl2N4O5S/c19-13-9-14(20)11-15(10-13)21-18(25)12-22-5-7-23(8-6-22)30(28,29)17-4-2-1-3-16(17)24(26)27/h1-4,9-11H,5-8,12H2,(H,21,25)/p+1. The molecule has 1 fully saturated rings. The van der Waals surface area contributed by atoms with Crippen LogP contribution < -0.4 is 10.2 Å². The van der Waals surface area contributed by atoms with Crippen molar-refractivity contribution in [3.8, 4) is 0 Å². The number of sulfonamides is 1. The van der Waals surface area contributed by atoms with E-state index in [1.807, 2.05) is 0 Å². The van der Waals surface area contributed by atoms with Crippen molar-refractivity contribution in [1.29, 1.82) is 0 Å². The van der Waals surface area contributed by atoms with Crippen LogP contribution >= 0.6 is 23.2 Å². The summed E-state index contributed by atoms with van der Waals surface area (Å²) in [4.78, 5) is 23.3. The summed E-state index contributed by atoms with van der Waals surface area (Å²) in [5, 5.41) is 14.7. The van der Waals surface area contributed by atoms with E-state index >= 15 is 0 Å². The first-order valence-electron chi connectivity index (χ1n) is 9.00. The topological polar surface area (TPSA) is 114 Å². The molecule has 160 valence electrons. The highest BCUT2D eigenvalue weighted by molar-refractivity contribution is 7.89. The van der Waals surface area contributed by atoms with Gasteiger partial charge in [0, 0.05) is 21.8 Å². The fourth-order valence-electron chi connectivity index (χ4n) is 3.24. The highest BCUT2D eigenvalue weighted by Crippen LogP contribution is 2.26. The minimum Gasteiger partial charge on any atom is -0.325 e. The molecule has 2 aromatic rings. The smallest absolute Gasteiger partial charge is 0.289 e. The molecule has 2 N–H and O–H groups in total. The van der Waals surface area contributed by atoms with Crippen LogP contribution in [-0.2, 0) is 14.8 Å². The van der Waals surface area contributed by atoms with E-state index in [0.29, 0.717) is 28.8 Å². The first-order chi connectivity index (χ1) is 14.2. The van der Waals surface area contributed by atoms with Crippen molar-refractivity contribution in [3.05, 3.63) is 62.6 Å². The van der Waals surface area contributed by atoms with Gasteiger partial charge in [0.1, 0.15) is 0 Å². The van der Waals surface area contributed by atoms with E-state index in [-0.39, 0.29) is 30.4 Å². The van der Waals surface area contributed by atoms with Crippen molar-refractivity contribution >= 4 is 50.5 Å². The van der Waals surface area contributed by atoms with E-state index in [9.17, 15) is 23.3 Å². The molecule has 1 aliphatic heterocycles. The first-order valence-corrected chi connectivity index (χ1v) is 11.2. The van der Waals surface area contributed by atoms with Crippen molar-refractivity contribution in [1.82, 2.24) is 4.31 Å². The van der Waals surface area contributed by atoms with Gasteiger partial charge in [0.2, 0.25) is 10.0 Å². The number of rotatable bonds is 6. The minimum absolute atomic E-state index is 0.142. The van der Waals surface area contributed by atoms with Gasteiger partial charge in [-0.05, 0) is 24.3 Å². The zero-order chi connectivity index (χ0) is 21.9. The molecule has 0 spiro atoms. The molecule has 0 aromatic heterocycles. The van der Waals surface area contributed by atoms with Crippen LogP contribution in [0, 0.1) is 10.1 Å². The van der Waals surface area contributed by atoms with Gasteiger partial charge in [0.15, 0.2) is 11.4 Å².